The number of para-hydroxylation sites is 1. The van der Waals surface area contributed by atoms with Crippen LogP contribution in [0.15, 0.2) is 60.8 Å². The molecular weight excluding hydrogens is 330 g/mol. The van der Waals surface area contributed by atoms with Gasteiger partial charge in [-0.3, -0.25) is 4.98 Å². The first-order valence-electron chi connectivity index (χ1n) is 8.38. The summed E-state index contributed by atoms with van der Waals surface area (Å²) in [6, 6.07) is 15.5. The van der Waals surface area contributed by atoms with Gasteiger partial charge in [0.05, 0.1) is 17.7 Å². The molecule has 0 atom stereocenters. The van der Waals surface area contributed by atoms with Crippen LogP contribution in [0.25, 0.3) is 10.9 Å². The number of rotatable bonds is 5. The molecule has 1 aromatic heterocycles. The SMILES string of the molecule is CC(C)COC(=O)c1ccccc1C(=O)Oc1cccc2cccnc12. The summed E-state index contributed by atoms with van der Waals surface area (Å²) in [5.74, 6) is -0.610. The average molecular weight is 349 g/mol. The van der Waals surface area contributed by atoms with Crippen LogP contribution in [0, 0.1) is 5.92 Å². The third-order valence-electron chi connectivity index (χ3n) is 3.71. The minimum absolute atomic E-state index is 0.161. The molecule has 5 nitrogen and oxygen atoms in total. The molecule has 1 heterocycles. The van der Waals surface area contributed by atoms with Gasteiger partial charge in [-0.1, -0.05) is 44.2 Å². The molecule has 0 saturated carbocycles. The van der Waals surface area contributed by atoms with E-state index in [1.165, 1.54) is 0 Å². The molecule has 0 fully saturated rings. The zero-order valence-electron chi connectivity index (χ0n) is 14.6. The van der Waals surface area contributed by atoms with Crippen molar-refractivity contribution in [3.63, 3.8) is 0 Å². The van der Waals surface area contributed by atoms with E-state index in [1.54, 1.807) is 42.6 Å². The maximum Gasteiger partial charge on any atom is 0.344 e. The van der Waals surface area contributed by atoms with Gasteiger partial charge in [-0.05, 0) is 30.2 Å². The van der Waals surface area contributed by atoms with E-state index in [-0.39, 0.29) is 23.7 Å². The maximum absolute atomic E-state index is 12.7. The molecule has 0 unspecified atom stereocenters. The number of hydrogen-bond acceptors (Lipinski definition) is 5. The molecule has 0 bridgehead atoms. The molecule has 0 radical (unpaired) electrons. The lowest BCUT2D eigenvalue weighted by molar-refractivity contribution is 0.0452. The lowest BCUT2D eigenvalue weighted by atomic mass is 10.1. The van der Waals surface area contributed by atoms with Crippen LogP contribution in [0.3, 0.4) is 0 Å². The summed E-state index contributed by atoms with van der Waals surface area (Å²) in [6.45, 7) is 4.18. The molecule has 26 heavy (non-hydrogen) atoms. The molecule has 132 valence electrons. The van der Waals surface area contributed by atoms with Crippen molar-refractivity contribution in [3.8, 4) is 5.75 Å². The number of carbonyl (C=O) groups excluding carboxylic acids is 2. The highest BCUT2D eigenvalue weighted by molar-refractivity contribution is 6.04. The van der Waals surface area contributed by atoms with Crippen molar-refractivity contribution in [3.05, 3.63) is 71.9 Å². The Bertz CT molecular complexity index is 944. The molecule has 0 aliphatic carbocycles. The molecule has 0 amide bonds. The van der Waals surface area contributed by atoms with Crippen LogP contribution in [0.1, 0.15) is 34.6 Å². The van der Waals surface area contributed by atoms with Crippen LogP contribution in [0.2, 0.25) is 0 Å². The fraction of sp³-hybridized carbons (Fsp3) is 0.190. The van der Waals surface area contributed by atoms with E-state index in [2.05, 4.69) is 4.98 Å². The average Bonchev–Trinajstić information content (AvgIpc) is 2.66. The molecule has 0 spiro atoms. The number of benzene rings is 2. The van der Waals surface area contributed by atoms with E-state index >= 15 is 0 Å². The second-order valence-electron chi connectivity index (χ2n) is 6.26. The van der Waals surface area contributed by atoms with Gasteiger partial charge in [0.15, 0.2) is 5.75 Å². The molecule has 3 aromatic rings. The summed E-state index contributed by atoms with van der Waals surface area (Å²) in [4.78, 5) is 29.2. The topological polar surface area (TPSA) is 65.5 Å². The molecule has 0 aliphatic rings. The van der Waals surface area contributed by atoms with E-state index in [0.717, 1.165) is 5.39 Å². The quantitative estimate of drug-likeness (QED) is 0.508. The van der Waals surface area contributed by atoms with Gasteiger partial charge in [0.1, 0.15) is 5.52 Å². The van der Waals surface area contributed by atoms with Gasteiger partial charge in [-0.25, -0.2) is 9.59 Å². The van der Waals surface area contributed by atoms with Crippen molar-refractivity contribution < 1.29 is 19.1 Å². The summed E-state index contributed by atoms with van der Waals surface area (Å²) < 4.78 is 10.8. The summed E-state index contributed by atoms with van der Waals surface area (Å²) in [5.41, 5.74) is 0.934. The van der Waals surface area contributed by atoms with Gasteiger partial charge in [0, 0.05) is 11.6 Å². The Hall–Kier alpha value is -3.21. The standard InChI is InChI=1S/C21H19NO4/c1-14(2)13-25-20(23)16-9-3-4-10-17(16)21(24)26-18-11-5-7-15-8-6-12-22-19(15)18/h3-12,14H,13H2,1-2H3. The fourth-order valence-corrected chi connectivity index (χ4v) is 2.47. The highest BCUT2D eigenvalue weighted by atomic mass is 16.5. The molecule has 5 heteroatoms. The zero-order chi connectivity index (χ0) is 18.5. The lowest BCUT2D eigenvalue weighted by Crippen LogP contribution is -2.17. The van der Waals surface area contributed by atoms with E-state index < -0.39 is 11.9 Å². The fourth-order valence-electron chi connectivity index (χ4n) is 2.47. The van der Waals surface area contributed by atoms with E-state index in [9.17, 15) is 9.59 Å². The summed E-state index contributed by atoms with van der Waals surface area (Å²) in [7, 11) is 0. The largest absolute Gasteiger partial charge is 0.462 e. The monoisotopic (exact) mass is 349 g/mol. The van der Waals surface area contributed by atoms with Crippen LogP contribution in [0.5, 0.6) is 5.75 Å². The maximum atomic E-state index is 12.7. The van der Waals surface area contributed by atoms with Gasteiger partial charge in [0.25, 0.3) is 0 Å². The van der Waals surface area contributed by atoms with Crippen LogP contribution in [-0.4, -0.2) is 23.5 Å². The minimum Gasteiger partial charge on any atom is -0.462 e. The molecule has 3 rings (SSSR count). The first-order chi connectivity index (χ1) is 12.6. The Morgan fingerprint density at radius 3 is 2.35 bits per heavy atom. The number of hydrogen-bond donors (Lipinski definition) is 0. The molecule has 0 aliphatic heterocycles. The van der Waals surface area contributed by atoms with Gasteiger partial charge in [-0.2, -0.15) is 0 Å². The second-order valence-corrected chi connectivity index (χ2v) is 6.26. The van der Waals surface area contributed by atoms with Crippen LogP contribution in [0.4, 0.5) is 0 Å². The first-order valence-corrected chi connectivity index (χ1v) is 8.38. The lowest BCUT2D eigenvalue weighted by Gasteiger charge is -2.11. The Kier molecular flexibility index (Phi) is 5.27. The zero-order valence-corrected chi connectivity index (χ0v) is 14.6. The summed E-state index contributed by atoms with van der Waals surface area (Å²) >= 11 is 0. The molecular formula is C21H19NO4. The van der Waals surface area contributed by atoms with E-state index in [4.69, 9.17) is 9.47 Å². The number of aromatic nitrogens is 1. The Morgan fingerprint density at radius 1 is 0.923 bits per heavy atom. The van der Waals surface area contributed by atoms with Crippen LogP contribution in [-0.2, 0) is 4.74 Å². The van der Waals surface area contributed by atoms with Crippen molar-refractivity contribution >= 4 is 22.8 Å². The van der Waals surface area contributed by atoms with Crippen molar-refractivity contribution in [2.24, 2.45) is 5.92 Å². The molecule has 0 N–H and O–H groups in total. The van der Waals surface area contributed by atoms with Crippen molar-refractivity contribution in [2.75, 3.05) is 6.61 Å². The highest BCUT2D eigenvalue weighted by Crippen LogP contribution is 2.24. The van der Waals surface area contributed by atoms with Crippen LogP contribution >= 0.6 is 0 Å². The van der Waals surface area contributed by atoms with Crippen LogP contribution < -0.4 is 4.74 Å². The highest BCUT2D eigenvalue weighted by Gasteiger charge is 2.20. The number of ether oxygens (including phenoxy) is 2. The number of nitrogens with zero attached hydrogens (tertiary/aromatic N) is 1. The smallest absolute Gasteiger partial charge is 0.344 e. The predicted molar refractivity (Wildman–Crippen MR) is 98.3 cm³/mol. The number of fused-ring (bicyclic) bond motifs is 1. The number of esters is 2. The molecule has 0 saturated heterocycles. The Labute approximate surface area is 151 Å². The first kappa shape index (κ1) is 17.6. The minimum atomic E-state index is -0.625. The predicted octanol–water partition coefficient (Wildman–Crippen LogP) is 4.27. The summed E-state index contributed by atoms with van der Waals surface area (Å²) in [5, 5.41) is 0.863. The van der Waals surface area contributed by atoms with Crippen molar-refractivity contribution in [1.29, 1.82) is 0 Å². The van der Waals surface area contributed by atoms with Crippen molar-refractivity contribution in [1.82, 2.24) is 4.98 Å². The van der Waals surface area contributed by atoms with Gasteiger partial charge in [-0.15, -0.1) is 0 Å². The molecule has 2 aromatic carbocycles. The normalized spacial score (nSPS) is 10.7. The Morgan fingerprint density at radius 2 is 1.62 bits per heavy atom. The van der Waals surface area contributed by atoms with Gasteiger partial charge < -0.3 is 9.47 Å². The van der Waals surface area contributed by atoms with Crippen molar-refractivity contribution in [2.45, 2.75) is 13.8 Å². The van der Waals surface area contributed by atoms with E-state index in [0.29, 0.717) is 11.3 Å². The second kappa shape index (κ2) is 7.78. The number of pyridine rings is 1. The number of carbonyl (C=O) groups is 2. The third-order valence-corrected chi connectivity index (χ3v) is 3.71. The van der Waals surface area contributed by atoms with E-state index in [1.807, 2.05) is 32.0 Å². The van der Waals surface area contributed by atoms with Gasteiger partial charge in [0.2, 0.25) is 0 Å². The Balaban J connectivity index is 1.87. The third kappa shape index (κ3) is 3.88. The van der Waals surface area contributed by atoms with Gasteiger partial charge >= 0.3 is 11.9 Å². The summed E-state index contributed by atoms with van der Waals surface area (Å²) in [6.07, 6.45) is 1.64.